The molecule has 1 saturated carbocycles. The van der Waals surface area contributed by atoms with Crippen LogP contribution < -0.4 is 5.73 Å². The van der Waals surface area contributed by atoms with Gasteiger partial charge in [0.15, 0.2) is 0 Å². The Hall–Kier alpha value is -0.410. The van der Waals surface area contributed by atoms with E-state index in [4.69, 9.17) is 5.73 Å². The third-order valence-electron chi connectivity index (χ3n) is 2.06. The van der Waals surface area contributed by atoms with Crippen molar-refractivity contribution in [1.82, 2.24) is 4.98 Å². The van der Waals surface area contributed by atoms with E-state index in [1.165, 1.54) is 23.5 Å². The Morgan fingerprint density at radius 3 is 3.08 bits per heavy atom. The molecule has 1 aliphatic rings. The van der Waals surface area contributed by atoms with Crippen LogP contribution in [0.1, 0.15) is 36.4 Å². The molecule has 1 fully saturated rings. The van der Waals surface area contributed by atoms with Crippen molar-refractivity contribution in [1.29, 1.82) is 0 Å². The van der Waals surface area contributed by atoms with Crippen molar-refractivity contribution in [2.24, 2.45) is 5.73 Å². The number of nitrogens with two attached hydrogens (primary N) is 1. The van der Waals surface area contributed by atoms with Gasteiger partial charge < -0.3 is 5.73 Å². The van der Waals surface area contributed by atoms with Gasteiger partial charge in [-0.1, -0.05) is 0 Å². The largest absolute Gasteiger partial charge is 0.328 e. The van der Waals surface area contributed by atoms with Crippen LogP contribution in [0.3, 0.4) is 0 Å². The molecule has 0 bridgehead atoms. The first kappa shape index (κ1) is 8.20. The van der Waals surface area contributed by atoms with Crippen LogP contribution in [0.25, 0.3) is 0 Å². The molecule has 0 spiro atoms. The summed E-state index contributed by atoms with van der Waals surface area (Å²) >= 11 is 1.76. The molecule has 2 rings (SSSR count). The molecule has 12 heavy (non-hydrogen) atoms. The van der Waals surface area contributed by atoms with E-state index in [1.807, 2.05) is 6.92 Å². The van der Waals surface area contributed by atoms with E-state index < -0.39 is 0 Å². The molecule has 1 heterocycles. The lowest BCUT2D eigenvalue weighted by molar-refractivity contribution is 0.731. The second-order valence-electron chi connectivity index (χ2n) is 3.62. The maximum absolute atomic E-state index is 5.69. The number of hydrogen-bond donors (Lipinski definition) is 1. The first-order valence-corrected chi connectivity index (χ1v) is 5.33. The smallest absolute Gasteiger partial charge is 0.0943 e. The normalized spacial score (nSPS) is 19.5. The average molecular weight is 182 g/mol. The summed E-state index contributed by atoms with van der Waals surface area (Å²) in [5.74, 6) is 0.781. The highest BCUT2D eigenvalue weighted by atomic mass is 32.1. The predicted octanol–water partition coefficient (Wildman–Crippen LogP) is 1.91. The van der Waals surface area contributed by atoms with Crippen molar-refractivity contribution in [2.45, 2.75) is 38.1 Å². The predicted molar refractivity (Wildman–Crippen MR) is 51.4 cm³/mol. The number of hydrogen-bond acceptors (Lipinski definition) is 3. The van der Waals surface area contributed by atoms with Crippen molar-refractivity contribution in [2.75, 3.05) is 0 Å². The highest BCUT2D eigenvalue weighted by molar-refractivity contribution is 7.09. The van der Waals surface area contributed by atoms with Crippen molar-refractivity contribution in [3.05, 3.63) is 16.1 Å². The van der Waals surface area contributed by atoms with Gasteiger partial charge in [-0.3, -0.25) is 0 Å². The van der Waals surface area contributed by atoms with E-state index in [0.29, 0.717) is 0 Å². The summed E-state index contributed by atoms with van der Waals surface area (Å²) in [6, 6.07) is 0.239. The molecule has 3 heteroatoms. The van der Waals surface area contributed by atoms with E-state index in [9.17, 15) is 0 Å². The Balaban J connectivity index is 2.03. The lowest BCUT2D eigenvalue weighted by Crippen LogP contribution is -2.17. The van der Waals surface area contributed by atoms with Gasteiger partial charge in [0.05, 0.1) is 10.7 Å². The third-order valence-corrected chi connectivity index (χ3v) is 2.95. The van der Waals surface area contributed by atoms with Gasteiger partial charge in [-0.25, -0.2) is 4.98 Å². The SMILES string of the molecule is CC(N)Cc1nc(C2CC2)cs1. The molecular weight excluding hydrogens is 168 g/mol. The van der Waals surface area contributed by atoms with E-state index >= 15 is 0 Å². The van der Waals surface area contributed by atoms with Gasteiger partial charge in [-0.2, -0.15) is 0 Å². The molecule has 2 N–H and O–H groups in total. The molecule has 1 aromatic rings. The molecule has 0 radical (unpaired) electrons. The van der Waals surface area contributed by atoms with Crippen molar-refractivity contribution >= 4 is 11.3 Å². The summed E-state index contributed by atoms with van der Waals surface area (Å²) in [6.45, 7) is 2.03. The quantitative estimate of drug-likeness (QED) is 0.775. The van der Waals surface area contributed by atoms with Crippen LogP contribution in [0.5, 0.6) is 0 Å². The Kier molecular flexibility index (Phi) is 2.15. The Morgan fingerprint density at radius 1 is 1.75 bits per heavy atom. The van der Waals surface area contributed by atoms with E-state index in [0.717, 1.165) is 12.3 Å². The number of rotatable bonds is 3. The van der Waals surface area contributed by atoms with Gasteiger partial charge >= 0.3 is 0 Å². The lowest BCUT2D eigenvalue weighted by Gasteiger charge is -1.98. The fourth-order valence-electron chi connectivity index (χ4n) is 1.26. The second kappa shape index (κ2) is 3.15. The van der Waals surface area contributed by atoms with Crippen molar-refractivity contribution in [3.8, 4) is 0 Å². The third kappa shape index (κ3) is 1.84. The van der Waals surface area contributed by atoms with Crippen LogP contribution in [0.15, 0.2) is 5.38 Å². The zero-order valence-electron chi connectivity index (χ0n) is 7.29. The minimum Gasteiger partial charge on any atom is -0.328 e. The second-order valence-corrected chi connectivity index (χ2v) is 4.56. The average Bonchev–Trinajstić information content (AvgIpc) is 2.73. The van der Waals surface area contributed by atoms with Gasteiger partial charge in [0.1, 0.15) is 0 Å². The number of thiazole rings is 1. The molecule has 0 amide bonds. The Morgan fingerprint density at radius 2 is 2.50 bits per heavy atom. The van der Waals surface area contributed by atoms with Gasteiger partial charge in [0.25, 0.3) is 0 Å². The highest BCUT2D eigenvalue weighted by Gasteiger charge is 2.25. The Labute approximate surface area is 76.8 Å². The van der Waals surface area contributed by atoms with E-state index in [1.54, 1.807) is 11.3 Å². The number of nitrogens with zero attached hydrogens (tertiary/aromatic N) is 1. The van der Waals surface area contributed by atoms with Crippen LogP contribution in [0, 0.1) is 0 Å². The zero-order valence-corrected chi connectivity index (χ0v) is 8.10. The summed E-state index contributed by atoms with van der Waals surface area (Å²) in [4.78, 5) is 4.55. The van der Waals surface area contributed by atoms with Gasteiger partial charge in [-0.15, -0.1) is 11.3 Å². The summed E-state index contributed by atoms with van der Waals surface area (Å²) in [6.07, 6.45) is 3.60. The van der Waals surface area contributed by atoms with Crippen LogP contribution in [-0.2, 0) is 6.42 Å². The maximum Gasteiger partial charge on any atom is 0.0943 e. The van der Waals surface area contributed by atoms with Crippen LogP contribution in [0.2, 0.25) is 0 Å². The van der Waals surface area contributed by atoms with E-state index in [2.05, 4.69) is 10.4 Å². The van der Waals surface area contributed by atoms with Gasteiger partial charge in [-0.05, 0) is 19.8 Å². The van der Waals surface area contributed by atoms with Gasteiger partial charge in [0.2, 0.25) is 0 Å². The molecule has 1 aliphatic carbocycles. The van der Waals surface area contributed by atoms with Crippen LogP contribution in [-0.4, -0.2) is 11.0 Å². The molecule has 1 atom stereocenters. The summed E-state index contributed by atoms with van der Waals surface area (Å²) in [5, 5.41) is 3.39. The minimum absolute atomic E-state index is 0.239. The minimum atomic E-state index is 0.239. The molecule has 0 saturated heterocycles. The number of aromatic nitrogens is 1. The molecule has 2 nitrogen and oxygen atoms in total. The molecule has 66 valence electrons. The molecule has 1 aromatic heterocycles. The van der Waals surface area contributed by atoms with Crippen molar-refractivity contribution < 1.29 is 0 Å². The molecule has 1 unspecified atom stereocenters. The summed E-state index contributed by atoms with van der Waals surface area (Å²) in [5.41, 5.74) is 6.99. The Bertz CT molecular complexity index is 263. The van der Waals surface area contributed by atoms with Crippen LogP contribution >= 0.6 is 11.3 Å². The standard InChI is InChI=1S/C9H14N2S/c1-6(10)4-9-11-8(5-12-9)7-2-3-7/h5-7H,2-4,10H2,1H3. The summed E-state index contributed by atoms with van der Waals surface area (Å²) in [7, 11) is 0. The lowest BCUT2D eigenvalue weighted by atomic mass is 10.2. The first-order chi connectivity index (χ1) is 5.75. The maximum atomic E-state index is 5.69. The first-order valence-electron chi connectivity index (χ1n) is 4.45. The summed E-state index contributed by atoms with van der Waals surface area (Å²) < 4.78 is 0. The highest BCUT2D eigenvalue weighted by Crippen LogP contribution is 2.40. The topological polar surface area (TPSA) is 38.9 Å². The molecular formula is C9H14N2S. The molecule has 0 aliphatic heterocycles. The molecule has 0 aromatic carbocycles. The zero-order chi connectivity index (χ0) is 8.55. The van der Waals surface area contributed by atoms with Gasteiger partial charge in [0, 0.05) is 23.8 Å². The fourth-order valence-corrected chi connectivity index (χ4v) is 2.28. The van der Waals surface area contributed by atoms with Crippen molar-refractivity contribution in [3.63, 3.8) is 0 Å². The van der Waals surface area contributed by atoms with Crippen LogP contribution in [0.4, 0.5) is 0 Å². The van der Waals surface area contributed by atoms with E-state index in [-0.39, 0.29) is 6.04 Å². The fraction of sp³-hybridized carbons (Fsp3) is 0.667. The monoisotopic (exact) mass is 182 g/mol.